The number of imide groups is 1. The summed E-state index contributed by atoms with van der Waals surface area (Å²) in [5.74, 6) is -0.381. The molecule has 1 atom stereocenters. The van der Waals surface area contributed by atoms with E-state index in [2.05, 4.69) is 21.0 Å². The van der Waals surface area contributed by atoms with Gasteiger partial charge in [-0.3, -0.25) is 14.8 Å². The highest BCUT2D eigenvalue weighted by Crippen LogP contribution is 2.13. The summed E-state index contributed by atoms with van der Waals surface area (Å²) in [7, 11) is 0. The van der Waals surface area contributed by atoms with E-state index in [9.17, 15) is 9.59 Å². The first-order valence-corrected chi connectivity index (χ1v) is 7.50. The quantitative estimate of drug-likeness (QED) is 0.755. The third kappa shape index (κ3) is 5.14. The maximum Gasteiger partial charge on any atom is 0.321 e. The van der Waals surface area contributed by atoms with Crippen LogP contribution in [0.5, 0.6) is 0 Å². The van der Waals surface area contributed by atoms with E-state index in [0.29, 0.717) is 13.1 Å². The van der Waals surface area contributed by atoms with E-state index < -0.39 is 12.1 Å². The minimum atomic E-state index is -0.530. The fourth-order valence-corrected chi connectivity index (χ4v) is 2.08. The van der Waals surface area contributed by atoms with Crippen LogP contribution in [0.25, 0.3) is 0 Å². The molecule has 0 aliphatic heterocycles. The van der Waals surface area contributed by atoms with Crippen LogP contribution in [-0.4, -0.2) is 34.3 Å². The zero-order valence-electron chi connectivity index (χ0n) is 13.2. The topological polar surface area (TPSA) is 88.0 Å². The molecule has 1 heterocycles. The van der Waals surface area contributed by atoms with E-state index in [0.717, 1.165) is 11.3 Å². The molecule has 7 nitrogen and oxygen atoms in total. The average Bonchev–Trinajstić information content (AvgIpc) is 3.00. The molecule has 3 N–H and O–H groups in total. The van der Waals surface area contributed by atoms with Crippen molar-refractivity contribution in [3.05, 3.63) is 48.3 Å². The fourth-order valence-electron chi connectivity index (χ4n) is 2.08. The number of nitrogens with zero attached hydrogens (tertiary/aromatic N) is 2. The molecule has 0 saturated carbocycles. The van der Waals surface area contributed by atoms with Crippen LogP contribution in [0, 0.1) is 0 Å². The van der Waals surface area contributed by atoms with Crippen molar-refractivity contribution in [1.29, 1.82) is 0 Å². The summed E-state index contributed by atoms with van der Waals surface area (Å²) in [6.07, 6.45) is 3.62. The molecule has 2 aromatic rings. The predicted octanol–water partition coefficient (Wildman–Crippen LogP) is 1.58. The van der Waals surface area contributed by atoms with Crippen molar-refractivity contribution in [3.63, 3.8) is 0 Å². The van der Waals surface area contributed by atoms with E-state index in [1.165, 1.54) is 0 Å². The molecule has 1 aromatic carbocycles. The van der Waals surface area contributed by atoms with Crippen LogP contribution in [0.3, 0.4) is 0 Å². The maximum atomic E-state index is 11.9. The van der Waals surface area contributed by atoms with Crippen LogP contribution in [0.4, 0.5) is 10.5 Å². The van der Waals surface area contributed by atoms with E-state index in [4.69, 9.17) is 0 Å². The minimum absolute atomic E-state index is 0.381. The van der Waals surface area contributed by atoms with E-state index in [1.807, 2.05) is 41.2 Å². The van der Waals surface area contributed by atoms with Gasteiger partial charge in [0.25, 0.3) is 0 Å². The number of rotatable bonds is 6. The summed E-state index contributed by atoms with van der Waals surface area (Å²) in [6, 6.07) is 8.59. The van der Waals surface area contributed by atoms with Crippen LogP contribution in [-0.2, 0) is 11.3 Å². The lowest BCUT2D eigenvalue weighted by Crippen LogP contribution is -2.45. The molecule has 0 saturated heterocycles. The number of carbonyl (C=O) groups is 2. The molecule has 2 rings (SSSR count). The second-order valence-corrected chi connectivity index (χ2v) is 5.12. The van der Waals surface area contributed by atoms with Crippen LogP contribution in [0.15, 0.2) is 42.7 Å². The smallest absolute Gasteiger partial charge is 0.321 e. The highest BCUT2D eigenvalue weighted by atomic mass is 16.2. The van der Waals surface area contributed by atoms with Gasteiger partial charge in [0, 0.05) is 24.6 Å². The van der Waals surface area contributed by atoms with Gasteiger partial charge in [0.1, 0.15) is 6.04 Å². The van der Waals surface area contributed by atoms with Gasteiger partial charge in [0.05, 0.1) is 6.54 Å². The third-order valence-electron chi connectivity index (χ3n) is 3.18. The van der Waals surface area contributed by atoms with Crippen LogP contribution in [0.1, 0.15) is 19.4 Å². The number of carbonyl (C=O) groups excluding carboxylic acids is 2. The first-order chi connectivity index (χ1) is 11.1. The molecular formula is C16H21N5O2. The van der Waals surface area contributed by atoms with Gasteiger partial charge in [0.2, 0.25) is 5.91 Å². The number of hydrogen-bond acceptors (Lipinski definition) is 4. The number of nitrogens with one attached hydrogen (secondary N) is 3. The molecule has 23 heavy (non-hydrogen) atoms. The number of anilines is 1. The van der Waals surface area contributed by atoms with Crippen LogP contribution < -0.4 is 16.0 Å². The predicted molar refractivity (Wildman–Crippen MR) is 88.1 cm³/mol. The van der Waals surface area contributed by atoms with Crippen molar-refractivity contribution in [2.75, 3.05) is 11.9 Å². The van der Waals surface area contributed by atoms with E-state index in [1.54, 1.807) is 20.0 Å². The standard InChI is InChI=1S/C16H21N5O2/c1-3-17-16(23)20-15(22)12(2)19-14-7-4-6-13(10-14)11-21-9-5-8-18-21/h4-10,12,19H,3,11H2,1-2H3,(H2,17,20,22,23). The zero-order valence-corrected chi connectivity index (χ0v) is 13.2. The van der Waals surface area contributed by atoms with Gasteiger partial charge in [0.15, 0.2) is 0 Å². The average molecular weight is 315 g/mol. The maximum absolute atomic E-state index is 11.9. The van der Waals surface area contributed by atoms with Crippen molar-refractivity contribution in [3.8, 4) is 0 Å². The summed E-state index contributed by atoms with van der Waals surface area (Å²) in [5, 5.41) is 12.1. The molecule has 122 valence electrons. The first-order valence-electron chi connectivity index (χ1n) is 7.50. The zero-order chi connectivity index (χ0) is 16.7. The molecule has 0 aliphatic rings. The lowest BCUT2D eigenvalue weighted by molar-refractivity contribution is -0.120. The monoisotopic (exact) mass is 315 g/mol. The number of aromatic nitrogens is 2. The molecule has 0 spiro atoms. The van der Waals surface area contributed by atoms with Crippen molar-refractivity contribution in [2.24, 2.45) is 0 Å². The Kier molecular flexibility index (Phi) is 5.74. The molecule has 0 bridgehead atoms. The first kappa shape index (κ1) is 16.5. The number of hydrogen-bond donors (Lipinski definition) is 3. The Morgan fingerprint density at radius 1 is 1.30 bits per heavy atom. The number of urea groups is 1. The van der Waals surface area contributed by atoms with E-state index in [-0.39, 0.29) is 5.91 Å². The van der Waals surface area contributed by atoms with Gasteiger partial charge in [-0.05, 0) is 37.6 Å². The Bertz CT molecular complexity index is 654. The van der Waals surface area contributed by atoms with Gasteiger partial charge in [-0.1, -0.05) is 12.1 Å². The van der Waals surface area contributed by atoms with Gasteiger partial charge in [-0.15, -0.1) is 0 Å². The molecule has 3 amide bonds. The highest BCUT2D eigenvalue weighted by Gasteiger charge is 2.15. The Hall–Kier alpha value is -2.83. The van der Waals surface area contributed by atoms with Crippen molar-refractivity contribution >= 4 is 17.6 Å². The minimum Gasteiger partial charge on any atom is -0.374 e. The number of benzene rings is 1. The summed E-state index contributed by atoms with van der Waals surface area (Å²) in [5.41, 5.74) is 1.88. The second kappa shape index (κ2) is 7.98. The molecule has 0 aliphatic carbocycles. The van der Waals surface area contributed by atoms with Crippen molar-refractivity contribution in [2.45, 2.75) is 26.4 Å². The Balaban J connectivity index is 1.94. The van der Waals surface area contributed by atoms with Gasteiger partial charge >= 0.3 is 6.03 Å². The molecular weight excluding hydrogens is 294 g/mol. The molecule has 0 radical (unpaired) electrons. The van der Waals surface area contributed by atoms with Gasteiger partial charge in [-0.25, -0.2) is 4.79 Å². The van der Waals surface area contributed by atoms with Gasteiger partial charge in [-0.2, -0.15) is 5.10 Å². The molecule has 1 unspecified atom stereocenters. The largest absolute Gasteiger partial charge is 0.374 e. The lowest BCUT2D eigenvalue weighted by Gasteiger charge is -2.15. The van der Waals surface area contributed by atoms with Crippen molar-refractivity contribution < 1.29 is 9.59 Å². The third-order valence-corrected chi connectivity index (χ3v) is 3.18. The summed E-state index contributed by atoms with van der Waals surface area (Å²) in [6.45, 7) is 4.62. The molecule has 0 fully saturated rings. The lowest BCUT2D eigenvalue weighted by atomic mass is 10.2. The summed E-state index contributed by atoms with van der Waals surface area (Å²) < 4.78 is 1.82. The van der Waals surface area contributed by atoms with Crippen molar-refractivity contribution in [1.82, 2.24) is 20.4 Å². The molecule has 1 aromatic heterocycles. The Morgan fingerprint density at radius 2 is 2.13 bits per heavy atom. The fraction of sp³-hybridized carbons (Fsp3) is 0.312. The second-order valence-electron chi connectivity index (χ2n) is 5.12. The Labute approximate surface area is 135 Å². The number of amides is 3. The summed E-state index contributed by atoms with van der Waals surface area (Å²) >= 11 is 0. The van der Waals surface area contributed by atoms with Gasteiger partial charge < -0.3 is 10.6 Å². The van der Waals surface area contributed by atoms with E-state index >= 15 is 0 Å². The SMILES string of the molecule is CCNC(=O)NC(=O)C(C)Nc1cccc(Cn2cccn2)c1. The highest BCUT2D eigenvalue weighted by molar-refractivity contribution is 5.97. The van der Waals surface area contributed by atoms with Crippen LogP contribution in [0.2, 0.25) is 0 Å². The van der Waals surface area contributed by atoms with Crippen LogP contribution >= 0.6 is 0 Å². The molecule has 7 heteroatoms. The normalized spacial score (nSPS) is 11.6. The Morgan fingerprint density at radius 3 is 2.83 bits per heavy atom. The summed E-state index contributed by atoms with van der Waals surface area (Å²) in [4.78, 5) is 23.3.